The first-order valence-corrected chi connectivity index (χ1v) is 5.94. The number of hydrogen-bond acceptors (Lipinski definition) is 5. The van der Waals surface area contributed by atoms with Crippen LogP contribution in [-0.4, -0.2) is 55.1 Å². The van der Waals surface area contributed by atoms with Crippen molar-refractivity contribution in [2.24, 2.45) is 5.92 Å². The molecule has 0 aromatic carbocycles. The monoisotopic (exact) mass is 250 g/mol. The van der Waals surface area contributed by atoms with Crippen LogP contribution >= 0.6 is 0 Å². The molecule has 1 unspecified atom stereocenters. The molecule has 1 aliphatic heterocycles. The maximum Gasteiger partial charge on any atom is 0.227 e. The van der Waals surface area contributed by atoms with Gasteiger partial charge in [0, 0.05) is 27.2 Å². The number of anilines is 1. The van der Waals surface area contributed by atoms with Gasteiger partial charge in [0.15, 0.2) is 5.75 Å². The van der Waals surface area contributed by atoms with Gasteiger partial charge in [-0.3, -0.25) is 4.79 Å². The second-order valence-electron chi connectivity index (χ2n) is 4.59. The molecule has 0 spiro atoms. The number of carbonyl (C=O) groups is 1. The molecule has 0 N–H and O–H groups in total. The molecule has 2 heterocycles. The molecular weight excluding hydrogens is 232 g/mol. The largest absolute Gasteiger partial charge is 0.494 e. The Morgan fingerprint density at radius 1 is 1.44 bits per heavy atom. The second kappa shape index (κ2) is 5.20. The lowest BCUT2D eigenvalue weighted by atomic mass is 10.1. The van der Waals surface area contributed by atoms with Crippen molar-refractivity contribution in [1.82, 2.24) is 14.9 Å². The SMILES string of the molecule is COc1cnc(N2CCC(C(=O)N(C)C)C2)nc1. The lowest BCUT2D eigenvalue weighted by molar-refractivity contribution is -0.132. The third kappa shape index (κ3) is 2.52. The number of carbonyl (C=O) groups excluding carboxylic acids is 1. The quantitative estimate of drug-likeness (QED) is 0.777. The van der Waals surface area contributed by atoms with E-state index in [4.69, 9.17) is 4.74 Å². The number of hydrogen-bond donors (Lipinski definition) is 0. The molecule has 0 bridgehead atoms. The number of aromatic nitrogens is 2. The van der Waals surface area contributed by atoms with Gasteiger partial charge < -0.3 is 14.5 Å². The summed E-state index contributed by atoms with van der Waals surface area (Å²) in [7, 11) is 5.16. The molecule has 1 fully saturated rings. The zero-order valence-electron chi connectivity index (χ0n) is 11.0. The van der Waals surface area contributed by atoms with E-state index in [0.717, 1.165) is 13.0 Å². The van der Waals surface area contributed by atoms with Crippen molar-refractivity contribution in [2.45, 2.75) is 6.42 Å². The summed E-state index contributed by atoms with van der Waals surface area (Å²) in [4.78, 5) is 24.0. The van der Waals surface area contributed by atoms with Gasteiger partial charge in [-0.1, -0.05) is 0 Å². The van der Waals surface area contributed by atoms with E-state index < -0.39 is 0 Å². The highest BCUT2D eigenvalue weighted by molar-refractivity contribution is 5.79. The minimum atomic E-state index is 0.0469. The Morgan fingerprint density at radius 3 is 2.67 bits per heavy atom. The van der Waals surface area contributed by atoms with E-state index >= 15 is 0 Å². The van der Waals surface area contributed by atoms with Crippen LogP contribution in [0.1, 0.15) is 6.42 Å². The highest BCUT2D eigenvalue weighted by Crippen LogP contribution is 2.22. The van der Waals surface area contributed by atoms with Gasteiger partial charge in [-0.05, 0) is 6.42 Å². The van der Waals surface area contributed by atoms with Gasteiger partial charge in [-0.2, -0.15) is 0 Å². The van der Waals surface area contributed by atoms with Crippen LogP contribution in [0.5, 0.6) is 5.75 Å². The number of ether oxygens (including phenoxy) is 1. The van der Waals surface area contributed by atoms with Crippen LogP contribution in [0.3, 0.4) is 0 Å². The fraction of sp³-hybridized carbons (Fsp3) is 0.583. The molecule has 0 aliphatic carbocycles. The third-order valence-electron chi connectivity index (χ3n) is 3.11. The fourth-order valence-corrected chi connectivity index (χ4v) is 2.09. The molecule has 0 radical (unpaired) electrons. The minimum absolute atomic E-state index is 0.0469. The number of amides is 1. The standard InChI is InChI=1S/C12H18N4O2/c1-15(2)11(17)9-4-5-16(8-9)12-13-6-10(18-3)7-14-12/h6-7,9H,4-5,8H2,1-3H3. The first-order chi connectivity index (χ1) is 8.61. The molecule has 1 aromatic heterocycles. The molecule has 18 heavy (non-hydrogen) atoms. The Morgan fingerprint density at radius 2 is 2.11 bits per heavy atom. The maximum atomic E-state index is 11.9. The number of rotatable bonds is 3. The average Bonchev–Trinajstić information content (AvgIpc) is 2.87. The van der Waals surface area contributed by atoms with Crippen LogP contribution in [-0.2, 0) is 4.79 Å². The van der Waals surface area contributed by atoms with E-state index in [-0.39, 0.29) is 11.8 Å². The van der Waals surface area contributed by atoms with E-state index in [1.165, 1.54) is 0 Å². The molecule has 1 aromatic rings. The van der Waals surface area contributed by atoms with Crippen molar-refractivity contribution in [3.63, 3.8) is 0 Å². The van der Waals surface area contributed by atoms with Gasteiger partial charge in [-0.15, -0.1) is 0 Å². The van der Waals surface area contributed by atoms with Crippen molar-refractivity contribution in [3.05, 3.63) is 12.4 Å². The van der Waals surface area contributed by atoms with E-state index in [1.54, 1.807) is 38.5 Å². The van der Waals surface area contributed by atoms with Crippen LogP contribution in [0, 0.1) is 5.92 Å². The Hall–Kier alpha value is -1.85. The van der Waals surface area contributed by atoms with Crippen LogP contribution in [0.15, 0.2) is 12.4 Å². The highest BCUT2D eigenvalue weighted by atomic mass is 16.5. The zero-order valence-corrected chi connectivity index (χ0v) is 11.0. The second-order valence-corrected chi connectivity index (χ2v) is 4.59. The normalized spacial score (nSPS) is 18.8. The summed E-state index contributed by atoms with van der Waals surface area (Å²) in [5, 5.41) is 0. The Labute approximate surface area is 107 Å². The maximum absolute atomic E-state index is 11.9. The molecule has 6 heteroatoms. The summed E-state index contributed by atoms with van der Waals surface area (Å²) in [6, 6.07) is 0. The van der Waals surface area contributed by atoms with E-state index in [9.17, 15) is 4.79 Å². The minimum Gasteiger partial charge on any atom is -0.494 e. The van der Waals surface area contributed by atoms with Crippen molar-refractivity contribution < 1.29 is 9.53 Å². The summed E-state index contributed by atoms with van der Waals surface area (Å²) in [6.45, 7) is 1.50. The zero-order chi connectivity index (χ0) is 13.1. The number of methoxy groups -OCH3 is 1. The summed E-state index contributed by atoms with van der Waals surface area (Å²) in [5.41, 5.74) is 0. The van der Waals surface area contributed by atoms with Crippen molar-refractivity contribution in [1.29, 1.82) is 0 Å². The predicted molar refractivity (Wildman–Crippen MR) is 67.6 cm³/mol. The molecule has 1 aliphatic rings. The summed E-state index contributed by atoms with van der Waals surface area (Å²) < 4.78 is 5.02. The molecule has 6 nitrogen and oxygen atoms in total. The molecule has 1 amide bonds. The first kappa shape index (κ1) is 12.6. The van der Waals surface area contributed by atoms with Crippen LogP contribution < -0.4 is 9.64 Å². The summed E-state index contributed by atoms with van der Waals surface area (Å²) >= 11 is 0. The molecular formula is C12H18N4O2. The van der Waals surface area contributed by atoms with Crippen LogP contribution in [0.4, 0.5) is 5.95 Å². The van der Waals surface area contributed by atoms with Gasteiger partial charge in [0.25, 0.3) is 0 Å². The van der Waals surface area contributed by atoms with Crippen molar-refractivity contribution >= 4 is 11.9 Å². The molecule has 2 rings (SSSR count). The first-order valence-electron chi connectivity index (χ1n) is 5.94. The summed E-state index contributed by atoms with van der Waals surface area (Å²) in [5.74, 6) is 1.51. The molecule has 1 atom stereocenters. The third-order valence-corrected chi connectivity index (χ3v) is 3.11. The van der Waals surface area contributed by atoms with Crippen LogP contribution in [0.25, 0.3) is 0 Å². The van der Waals surface area contributed by atoms with Crippen molar-refractivity contribution in [3.8, 4) is 5.75 Å². The average molecular weight is 250 g/mol. The smallest absolute Gasteiger partial charge is 0.227 e. The van der Waals surface area contributed by atoms with Crippen molar-refractivity contribution in [2.75, 3.05) is 39.2 Å². The molecule has 0 saturated carbocycles. The van der Waals surface area contributed by atoms with Gasteiger partial charge >= 0.3 is 0 Å². The van der Waals surface area contributed by atoms with E-state index in [0.29, 0.717) is 18.2 Å². The number of nitrogens with zero attached hydrogens (tertiary/aromatic N) is 4. The van der Waals surface area contributed by atoms with E-state index in [2.05, 4.69) is 9.97 Å². The Bertz CT molecular complexity index is 419. The molecule has 98 valence electrons. The van der Waals surface area contributed by atoms with Gasteiger partial charge in [-0.25, -0.2) is 9.97 Å². The van der Waals surface area contributed by atoms with Crippen LogP contribution in [0.2, 0.25) is 0 Å². The van der Waals surface area contributed by atoms with Gasteiger partial charge in [0.1, 0.15) is 0 Å². The van der Waals surface area contributed by atoms with Gasteiger partial charge in [0.05, 0.1) is 25.4 Å². The lowest BCUT2D eigenvalue weighted by Crippen LogP contribution is -2.32. The molecule has 1 saturated heterocycles. The topological polar surface area (TPSA) is 58.6 Å². The van der Waals surface area contributed by atoms with E-state index in [1.807, 2.05) is 4.90 Å². The Balaban J connectivity index is 2.01. The van der Waals surface area contributed by atoms with Gasteiger partial charge in [0.2, 0.25) is 11.9 Å². The Kier molecular flexibility index (Phi) is 3.64. The summed E-state index contributed by atoms with van der Waals surface area (Å²) in [6.07, 6.45) is 4.14. The lowest BCUT2D eigenvalue weighted by Gasteiger charge is -2.18. The highest BCUT2D eigenvalue weighted by Gasteiger charge is 2.30. The fourth-order valence-electron chi connectivity index (χ4n) is 2.09. The predicted octanol–water partition coefficient (Wildman–Crippen LogP) is 0.400.